The lowest BCUT2D eigenvalue weighted by Crippen LogP contribution is -2.16. The van der Waals surface area contributed by atoms with Gasteiger partial charge >= 0.3 is 0 Å². The van der Waals surface area contributed by atoms with Crippen LogP contribution in [0.2, 0.25) is 0 Å². The number of pyridine rings is 1. The van der Waals surface area contributed by atoms with Crippen molar-refractivity contribution in [3.8, 4) is 5.82 Å². The summed E-state index contributed by atoms with van der Waals surface area (Å²) >= 11 is 0. The highest BCUT2D eigenvalue weighted by molar-refractivity contribution is 5.29. The Hall–Kier alpha value is -1.68. The normalized spacial score (nSPS) is 14.8. The summed E-state index contributed by atoms with van der Waals surface area (Å²) in [5.74, 6) is 0.906. The van der Waals surface area contributed by atoms with Crippen LogP contribution < -0.4 is 5.32 Å². The highest BCUT2D eigenvalue weighted by Gasteiger charge is 2.21. The minimum atomic E-state index is 0.729. The van der Waals surface area contributed by atoms with E-state index in [9.17, 15) is 0 Å². The zero-order valence-electron chi connectivity index (χ0n) is 11.3. The Bertz CT molecular complexity index is 528. The van der Waals surface area contributed by atoms with Gasteiger partial charge in [-0.15, -0.1) is 0 Å². The molecule has 4 heteroatoms. The van der Waals surface area contributed by atoms with Crippen molar-refractivity contribution in [3.05, 3.63) is 41.9 Å². The van der Waals surface area contributed by atoms with Crippen LogP contribution in [0.5, 0.6) is 0 Å². The smallest absolute Gasteiger partial charge is 0.153 e. The Labute approximate surface area is 113 Å². The SMILES string of the molecule is CCCc1c(CNC2CC2)cnn1-c1ccccn1. The van der Waals surface area contributed by atoms with Crippen LogP contribution in [-0.2, 0) is 13.0 Å². The molecule has 0 spiro atoms. The lowest BCUT2D eigenvalue weighted by Gasteiger charge is -2.08. The molecule has 1 N–H and O–H groups in total. The van der Waals surface area contributed by atoms with Crippen molar-refractivity contribution in [2.45, 2.75) is 45.2 Å². The molecule has 100 valence electrons. The summed E-state index contributed by atoms with van der Waals surface area (Å²) in [5, 5.41) is 8.08. The van der Waals surface area contributed by atoms with Gasteiger partial charge in [-0.05, 0) is 31.4 Å². The molecule has 2 aromatic rings. The maximum Gasteiger partial charge on any atom is 0.153 e. The van der Waals surface area contributed by atoms with Crippen LogP contribution in [0.15, 0.2) is 30.6 Å². The van der Waals surface area contributed by atoms with Gasteiger partial charge in [0.05, 0.1) is 11.9 Å². The number of aromatic nitrogens is 3. The van der Waals surface area contributed by atoms with E-state index in [-0.39, 0.29) is 0 Å². The summed E-state index contributed by atoms with van der Waals surface area (Å²) in [6.07, 6.45) is 8.59. The fourth-order valence-electron chi connectivity index (χ4n) is 2.28. The van der Waals surface area contributed by atoms with Gasteiger partial charge in [0.15, 0.2) is 5.82 Å². The lowest BCUT2D eigenvalue weighted by molar-refractivity contribution is 0.675. The highest BCUT2D eigenvalue weighted by atomic mass is 15.3. The summed E-state index contributed by atoms with van der Waals surface area (Å²) in [5.41, 5.74) is 2.59. The van der Waals surface area contributed by atoms with Crippen molar-refractivity contribution in [1.29, 1.82) is 0 Å². The molecule has 1 aliphatic carbocycles. The van der Waals surface area contributed by atoms with Crippen LogP contribution in [0.4, 0.5) is 0 Å². The second-order valence-electron chi connectivity index (χ2n) is 5.12. The van der Waals surface area contributed by atoms with Crippen LogP contribution in [-0.4, -0.2) is 20.8 Å². The summed E-state index contributed by atoms with van der Waals surface area (Å²) in [7, 11) is 0. The van der Waals surface area contributed by atoms with E-state index in [1.165, 1.54) is 24.1 Å². The van der Waals surface area contributed by atoms with Crippen LogP contribution in [0.25, 0.3) is 5.82 Å². The van der Waals surface area contributed by atoms with Crippen molar-refractivity contribution >= 4 is 0 Å². The molecule has 0 unspecified atom stereocenters. The molecule has 2 aromatic heterocycles. The highest BCUT2D eigenvalue weighted by Crippen LogP contribution is 2.21. The van der Waals surface area contributed by atoms with Crippen molar-refractivity contribution in [1.82, 2.24) is 20.1 Å². The fourth-order valence-corrected chi connectivity index (χ4v) is 2.28. The van der Waals surface area contributed by atoms with E-state index in [4.69, 9.17) is 0 Å². The predicted molar refractivity (Wildman–Crippen MR) is 75.2 cm³/mol. The topological polar surface area (TPSA) is 42.7 Å². The molecule has 4 nitrogen and oxygen atoms in total. The van der Waals surface area contributed by atoms with Crippen LogP contribution in [0.1, 0.15) is 37.4 Å². The third-order valence-electron chi connectivity index (χ3n) is 3.47. The Morgan fingerprint density at radius 2 is 2.26 bits per heavy atom. The van der Waals surface area contributed by atoms with Gasteiger partial charge in [0.1, 0.15) is 0 Å². The van der Waals surface area contributed by atoms with E-state index < -0.39 is 0 Å². The first-order valence-corrected chi connectivity index (χ1v) is 7.09. The zero-order chi connectivity index (χ0) is 13.1. The van der Waals surface area contributed by atoms with Crippen LogP contribution >= 0.6 is 0 Å². The van der Waals surface area contributed by atoms with Crippen molar-refractivity contribution in [2.75, 3.05) is 0 Å². The average molecular weight is 256 g/mol. The second kappa shape index (κ2) is 5.53. The van der Waals surface area contributed by atoms with Gasteiger partial charge in [0.25, 0.3) is 0 Å². The van der Waals surface area contributed by atoms with Crippen LogP contribution in [0.3, 0.4) is 0 Å². The van der Waals surface area contributed by atoms with E-state index >= 15 is 0 Å². The molecule has 1 aliphatic rings. The van der Waals surface area contributed by atoms with Crippen LogP contribution in [0, 0.1) is 0 Å². The Morgan fingerprint density at radius 1 is 1.37 bits per heavy atom. The number of hydrogen-bond acceptors (Lipinski definition) is 3. The van der Waals surface area contributed by atoms with Crippen molar-refractivity contribution in [2.24, 2.45) is 0 Å². The molecule has 1 saturated carbocycles. The predicted octanol–water partition coefficient (Wildman–Crippen LogP) is 2.47. The minimum absolute atomic E-state index is 0.729. The van der Waals surface area contributed by atoms with E-state index in [2.05, 4.69) is 22.3 Å². The third-order valence-corrected chi connectivity index (χ3v) is 3.47. The molecule has 0 bridgehead atoms. The molecule has 0 saturated heterocycles. The third kappa shape index (κ3) is 2.84. The monoisotopic (exact) mass is 256 g/mol. The molecule has 0 atom stereocenters. The first kappa shape index (κ1) is 12.4. The first-order valence-electron chi connectivity index (χ1n) is 7.09. The maximum atomic E-state index is 4.52. The summed E-state index contributed by atoms with van der Waals surface area (Å²) < 4.78 is 1.98. The molecule has 0 amide bonds. The molecular weight excluding hydrogens is 236 g/mol. The van der Waals surface area contributed by atoms with Crippen molar-refractivity contribution in [3.63, 3.8) is 0 Å². The number of nitrogens with zero attached hydrogens (tertiary/aromatic N) is 3. The standard InChI is InChI=1S/C15H20N4/c1-2-5-14-12(10-17-13-7-8-13)11-18-19(14)15-6-3-4-9-16-15/h3-4,6,9,11,13,17H,2,5,7-8,10H2,1H3. The first-order chi connectivity index (χ1) is 9.38. The number of nitrogens with one attached hydrogen (secondary N) is 1. The Morgan fingerprint density at radius 3 is 2.95 bits per heavy atom. The largest absolute Gasteiger partial charge is 0.310 e. The minimum Gasteiger partial charge on any atom is -0.310 e. The van der Waals surface area contributed by atoms with Gasteiger partial charge in [0, 0.05) is 24.3 Å². The van der Waals surface area contributed by atoms with E-state index in [0.717, 1.165) is 31.2 Å². The molecule has 2 heterocycles. The fraction of sp³-hybridized carbons (Fsp3) is 0.467. The molecule has 0 aliphatic heterocycles. The van der Waals surface area contributed by atoms with Gasteiger partial charge in [-0.1, -0.05) is 19.4 Å². The summed E-state index contributed by atoms with van der Waals surface area (Å²) in [6, 6.07) is 6.67. The van der Waals surface area contributed by atoms with E-state index in [0.29, 0.717) is 0 Å². The molecular formula is C15H20N4. The van der Waals surface area contributed by atoms with Gasteiger partial charge in [-0.25, -0.2) is 9.67 Å². The molecule has 0 radical (unpaired) electrons. The Kier molecular flexibility index (Phi) is 3.60. The summed E-state index contributed by atoms with van der Waals surface area (Å²) in [6.45, 7) is 3.13. The van der Waals surface area contributed by atoms with Gasteiger partial charge in [-0.3, -0.25) is 0 Å². The number of rotatable bonds is 6. The lowest BCUT2D eigenvalue weighted by atomic mass is 10.1. The van der Waals surface area contributed by atoms with Crippen molar-refractivity contribution < 1.29 is 0 Å². The van der Waals surface area contributed by atoms with Gasteiger partial charge < -0.3 is 5.32 Å². The maximum absolute atomic E-state index is 4.52. The molecule has 0 aromatic carbocycles. The average Bonchev–Trinajstić information content (AvgIpc) is 3.20. The van der Waals surface area contributed by atoms with E-state index in [1.807, 2.05) is 35.3 Å². The quantitative estimate of drug-likeness (QED) is 0.863. The summed E-state index contributed by atoms with van der Waals surface area (Å²) in [4.78, 5) is 4.39. The number of hydrogen-bond donors (Lipinski definition) is 1. The Balaban J connectivity index is 1.86. The zero-order valence-corrected chi connectivity index (χ0v) is 11.3. The molecule has 1 fully saturated rings. The second-order valence-corrected chi connectivity index (χ2v) is 5.12. The van der Waals surface area contributed by atoms with E-state index in [1.54, 1.807) is 0 Å². The van der Waals surface area contributed by atoms with Gasteiger partial charge in [-0.2, -0.15) is 5.10 Å². The molecule has 3 rings (SSSR count). The van der Waals surface area contributed by atoms with Gasteiger partial charge in [0.2, 0.25) is 0 Å². The molecule has 19 heavy (non-hydrogen) atoms.